The van der Waals surface area contributed by atoms with Crippen LogP contribution >= 0.6 is 0 Å². The first-order valence-electron chi connectivity index (χ1n) is 2.77. The fourth-order valence-electron chi connectivity index (χ4n) is 0.582. The van der Waals surface area contributed by atoms with E-state index in [2.05, 4.69) is 12.5 Å². The molecule has 0 aromatic rings. The van der Waals surface area contributed by atoms with Crippen molar-refractivity contribution in [2.24, 2.45) is 5.92 Å². The van der Waals surface area contributed by atoms with Gasteiger partial charge in [-0.3, -0.25) is 0 Å². The Hall–Kier alpha value is -0.700. The molecule has 0 heteroatoms. The summed E-state index contributed by atoms with van der Waals surface area (Å²) < 4.78 is 0. The molecule has 0 aromatic carbocycles. The van der Waals surface area contributed by atoms with E-state index in [9.17, 15) is 0 Å². The van der Waals surface area contributed by atoms with E-state index in [0.717, 1.165) is 12.0 Å². The van der Waals surface area contributed by atoms with Crippen molar-refractivity contribution in [2.75, 3.05) is 0 Å². The average molecular weight is 108 g/mol. The summed E-state index contributed by atoms with van der Waals surface area (Å²) in [6.45, 7) is 7.76. The predicted molar refractivity (Wildman–Crippen MR) is 37.4 cm³/mol. The van der Waals surface area contributed by atoms with Gasteiger partial charge in [0.05, 0.1) is 0 Å². The Morgan fingerprint density at radius 2 is 2.38 bits per heavy atom. The van der Waals surface area contributed by atoms with Gasteiger partial charge in [-0.15, -0.1) is 18.9 Å². The standard InChI is InChI=1S/C8H12/c1-5-8(4)6-7(2)3/h1,8H,2,6H2,3-4H3. The summed E-state index contributed by atoms with van der Waals surface area (Å²) in [7, 11) is 0. The van der Waals surface area contributed by atoms with E-state index in [1.807, 2.05) is 13.8 Å². The second-order valence-electron chi connectivity index (χ2n) is 2.23. The Morgan fingerprint density at radius 1 is 1.88 bits per heavy atom. The predicted octanol–water partition coefficient (Wildman–Crippen LogP) is 2.22. The van der Waals surface area contributed by atoms with E-state index in [1.165, 1.54) is 0 Å². The van der Waals surface area contributed by atoms with Crippen LogP contribution in [0.25, 0.3) is 0 Å². The normalized spacial score (nSPS) is 12.1. The van der Waals surface area contributed by atoms with Gasteiger partial charge in [-0.2, -0.15) is 0 Å². The lowest BCUT2D eigenvalue weighted by atomic mass is 10.1. The molecule has 0 fully saturated rings. The zero-order valence-corrected chi connectivity index (χ0v) is 5.57. The van der Waals surface area contributed by atoms with E-state index in [-0.39, 0.29) is 0 Å². The van der Waals surface area contributed by atoms with Crippen LogP contribution in [0, 0.1) is 18.3 Å². The first-order valence-corrected chi connectivity index (χ1v) is 2.77. The van der Waals surface area contributed by atoms with Gasteiger partial charge in [0.15, 0.2) is 0 Å². The van der Waals surface area contributed by atoms with Crippen molar-refractivity contribution in [1.29, 1.82) is 0 Å². The summed E-state index contributed by atoms with van der Waals surface area (Å²) in [5.74, 6) is 2.99. The van der Waals surface area contributed by atoms with Crippen molar-refractivity contribution in [3.05, 3.63) is 12.2 Å². The molecular formula is C8H12. The van der Waals surface area contributed by atoms with Crippen LogP contribution in [-0.2, 0) is 0 Å². The number of terminal acetylenes is 1. The SMILES string of the molecule is C#CC(C)CC(=C)C. The maximum Gasteiger partial charge on any atom is 0.0208 e. The number of rotatable bonds is 2. The molecule has 0 N–H and O–H groups in total. The van der Waals surface area contributed by atoms with Crippen LogP contribution in [0.4, 0.5) is 0 Å². The molecule has 1 atom stereocenters. The largest absolute Gasteiger partial charge is 0.120 e. The van der Waals surface area contributed by atoms with Crippen molar-refractivity contribution < 1.29 is 0 Å². The summed E-state index contributed by atoms with van der Waals surface area (Å²) >= 11 is 0. The smallest absolute Gasteiger partial charge is 0.0208 e. The summed E-state index contributed by atoms with van der Waals surface area (Å²) in [5.41, 5.74) is 1.16. The molecule has 0 rings (SSSR count). The maximum atomic E-state index is 5.13. The van der Waals surface area contributed by atoms with E-state index in [0.29, 0.717) is 5.92 Å². The van der Waals surface area contributed by atoms with Gasteiger partial charge in [-0.25, -0.2) is 0 Å². The van der Waals surface area contributed by atoms with Crippen molar-refractivity contribution in [3.63, 3.8) is 0 Å². The molecule has 0 aliphatic heterocycles. The van der Waals surface area contributed by atoms with Gasteiger partial charge in [0.1, 0.15) is 0 Å². The topological polar surface area (TPSA) is 0 Å². The third kappa shape index (κ3) is 3.49. The maximum absolute atomic E-state index is 5.13. The highest BCUT2D eigenvalue weighted by molar-refractivity contribution is 4.99. The van der Waals surface area contributed by atoms with Gasteiger partial charge in [-0.1, -0.05) is 12.5 Å². The lowest BCUT2D eigenvalue weighted by molar-refractivity contribution is 0.745. The number of hydrogen-bond acceptors (Lipinski definition) is 0. The summed E-state index contributed by atoms with van der Waals surface area (Å²) in [5, 5.41) is 0. The van der Waals surface area contributed by atoms with Gasteiger partial charge >= 0.3 is 0 Å². The molecule has 44 valence electrons. The third-order valence-corrected chi connectivity index (χ3v) is 0.939. The summed E-state index contributed by atoms with van der Waals surface area (Å²) in [6, 6.07) is 0. The van der Waals surface area contributed by atoms with Crippen LogP contribution in [0.1, 0.15) is 20.3 Å². The molecule has 0 bridgehead atoms. The van der Waals surface area contributed by atoms with Gasteiger partial charge in [0, 0.05) is 5.92 Å². The van der Waals surface area contributed by atoms with Crippen LogP contribution < -0.4 is 0 Å². The van der Waals surface area contributed by atoms with E-state index in [4.69, 9.17) is 6.42 Å². The van der Waals surface area contributed by atoms with Gasteiger partial charge in [-0.05, 0) is 13.3 Å². The minimum Gasteiger partial charge on any atom is -0.120 e. The Kier molecular flexibility index (Phi) is 3.03. The Bertz CT molecular complexity index is 114. The highest BCUT2D eigenvalue weighted by Gasteiger charge is 1.93. The molecule has 0 amide bonds. The van der Waals surface area contributed by atoms with E-state index in [1.54, 1.807) is 0 Å². The molecule has 1 unspecified atom stereocenters. The number of hydrogen-bond donors (Lipinski definition) is 0. The monoisotopic (exact) mass is 108 g/mol. The van der Waals surface area contributed by atoms with E-state index < -0.39 is 0 Å². The van der Waals surface area contributed by atoms with Gasteiger partial charge in [0.2, 0.25) is 0 Å². The molecule has 0 saturated heterocycles. The fourth-order valence-corrected chi connectivity index (χ4v) is 0.582. The third-order valence-electron chi connectivity index (χ3n) is 0.939. The molecule has 0 aliphatic rings. The Balaban J connectivity index is 3.43. The molecule has 0 nitrogen and oxygen atoms in total. The van der Waals surface area contributed by atoms with Crippen molar-refractivity contribution in [3.8, 4) is 12.3 Å². The minimum absolute atomic E-state index is 0.354. The van der Waals surface area contributed by atoms with Crippen molar-refractivity contribution >= 4 is 0 Å². The summed E-state index contributed by atoms with van der Waals surface area (Å²) in [4.78, 5) is 0. The molecular weight excluding hydrogens is 96.1 g/mol. The molecule has 8 heavy (non-hydrogen) atoms. The summed E-state index contributed by atoms with van der Waals surface area (Å²) in [6.07, 6.45) is 6.08. The van der Waals surface area contributed by atoms with Gasteiger partial charge in [0.25, 0.3) is 0 Å². The quantitative estimate of drug-likeness (QED) is 0.376. The van der Waals surface area contributed by atoms with Crippen LogP contribution in [0.3, 0.4) is 0 Å². The first kappa shape index (κ1) is 7.30. The van der Waals surface area contributed by atoms with Crippen LogP contribution in [0.2, 0.25) is 0 Å². The highest BCUT2D eigenvalue weighted by Crippen LogP contribution is 2.05. The molecule has 0 heterocycles. The van der Waals surface area contributed by atoms with Crippen molar-refractivity contribution in [2.45, 2.75) is 20.3 Å². The van der Waals surface area contributed by atoms with Gasteiger partial charge < -0.3 is 0 Å². The molecule has 0 saturated carbocycles. The van der Waals surface area contributed by atoms with Crippen molar-refractivity contribution in [1.82, 2.24) is 0 Å². The lowest BCUT2D eigenvalue weighted by Gasteiger charge is -1.99. The second-order valence-corrected chi connectivity index (χ2v) is 2.23. The Labute approximate surface area is 51.6 Å². The average Bonchev–Trinajstić information content (AvgIpc) is 1.65. The Morgan fingerprint density at radius 3 is 2.50 bits per heavy atom. The molecule has 0 radical (unpaired) electrons. The fraction of sp³-hybridized carbons (Fsp3) is 0.500. The zero-order chi connectivity index (χ0) is 6.57. The zero-order valence-electron chi connectivity index (χ0n) is 5.57. The van der Waals surface area contributed by atoms with Crippen LogP contribution in [0.5, 0.6) is 0 Å². The van der Waals surface area contributed by atoms with E-state index >= 15 is 0 Å². The molecule has 0 aliphatic carbocycles. The minimum atomic E-state index is 0.354. The highest BCUT2D eigenvalue weighted by atomic mass is 14.0. The van der Waals surface area contributed by atoms with Crippen LogP contribution in [-0.4, -0.2) is 0 Å². The molecule has 0 spiro atoms. The second kappa shape index (κ2) is 3.32. The molecule has 0 aromatic heterocycles. The first-order chi connectivity index (χ1) is 3.66. The lowest BCUT2D eigenvalue weighted by Crippen LogP contribution is -1.88. The van der Waals surface area contributed by atoms with Crippen LogP contribution in [0.15, 0.2) is 12.2 Å². The number of allylic oxidation sites excluding steroid dienone is 1.